The molecule has 0 amide bonds. The van der Waals surface area contributed by atoms with Gasteiger partial charge in [0.25, 0.3) is 0 Å². The van der Waals surface area contributed by atoms with Crippen LogP contribution in [-0.4, -0.2) is 16.1 Å². The molecule has 3 rings (SSSR count). The molecule has 2 aliphatic carbocycles. The largest absolute Gasteiger partial charge is 0.491 e. The van der Waals surface area contributed by atoms with Crippen molar-refractivity contribution in [3.8, 4) is 5.75 Å². The van der Waals surface area contributed by atoms with Gasteiger partial charge < -0.3 is 10.5 Å². The number of rotatable bonds is 5. The summed E-state index contributed by atoms with van der Waals surface area (Å²) in [6.07, 6.45) is 4.23. The Bertz CT molecular complexity index is 560. The van der Waals surface area contributed by atoms with Crippen molar-refractivity contribution in [1.29, 1.82) is 4.78 Å². The molecule has 98 valence electrons. The van der Waals surface area contributed by atoms with Crippen LogP contribution >= 0.6 is 0 Å². The topological polar surface area (TPSA) is 76.2 Å². The van der Waals surface area contributed by atoms with Crippen molar-refractivity contribution in [2.75, 3.05) is 12.3 Å². The predicted octanol–water partition coefficient (Wildman–Crippen LogP) is 2.63. The van der Waals surface area contributed by atoms with Crippen molar-refractivity contribution in [3.63, 3.8) is 0 Å². The maximum atomic E-state index is 12.3. The number of anilines is 1. The quantitative estimate of drug-likeness (QED) is 0.804. The van der Waals surface area contributed by atoms with E-state index in [1.165, 1.54) is 12.8 Å². The van der Waals surface area contributed by atoms with Gasteiger partial charge in [0.05, 0.1) is 26.9 Å². The van der Waals surface area contributed by atoms with Gasteiger partial charge in [0.1, 0.15) is 5.75 Å². The summed E-state index contributed by atoms with van der Waals surface area (Å²) in [7, 11) is -2.66. The summed E-state index contributed by atoms with van der Waals surface area (Å²) in [4.78, 5) is 0.560. The monoisotopic (exact) mass is 266 g/mol. The first-order chi connectivity index (χ1) is 8.57. The van der Waals surface area contributed by atoms with Crippen LogP contribution in [0.5, 0.6) is 5.75 Å². The molecule has 1 unspecified atom stereocenters. The third-order valence-corrected chi connectivity index (χ3v) is 5.86. The number of hydrogen-bond acceptors (Lipinski definition) is 4. The Morgan fingerprint density at radius 2 is 2.06 bits per heavy atom. The van der Waals surface area contributed by atoms with Gasteiger partial charge in [-0.1, -0.05) is 0 Å². The van der Waals surface area contributed by atoms with E-state index in [4.69, 9.17) is 15.3 Å². The summed E-state index contributed by atoms with van der Waals surface area (Å²) >= 11 is 0. The normalized spacial score (nSPS) is 22.4. The van der Waals surface area contributed by atoms with E-state index in [1.54, 1.807) is 18.2 Å². The molecular formula is C13H18N2O2S. The molecule has 1 atom stereocenters. The molecule has 3 N–H and O–H groups in total. The molecule has 0 bridgehead atoms. The molecule has 18 heavy (non-hydrogen) atoms. The number of ether oxygens (including phenoxy) is 1. The van der Waals surface area contributed by atoms with Crippen LogP contribution in [0.4, 0.5) is 5.69 Å². The molecule has 4 nitrogen and oxygen atoms in total. The van der Waals surface area contributed by atoms with Crippen molar-refractivity contribution in [2.45, 2.75) is 35.8 Å². The van der Waals surface area contributed by atoms with Crippen LogP contribution < -0.4 is 10.5 Å². The van der Waals surface area contributed by atoms with Crippen molar-refractivity contribution >= 4 is 15.4 Å². The van der Waals surface area contributed by atoms with Gasteiger partial charge in [0.2, 0.25) is 0 Å². The van der Waals surface area contributed by atoms with Gasteiger partial charge in [-0.05, 0) is 49.8 Å². The minimum absolute atomic E-state index is 0.0254. The minimum atomic E-state index is -2.66. The highest BCUT2D eigenvalue weighted by molar-refractivity contribution is 7.93. The number of benzene rings is 1. The van der Waals surface area contributed by atoms with Gasteiger partial charge in [0, 0.05) is 5.25 Å². The van der Waals surface area contributed by atoms with Crippen LogP contribution in [-0.2, 0) is 9.73 Å². The first kappa shape index (κ1) is 11.8. The van der Waals surface area contributed by atoms with Gasteiger partial charge >= 0.3 is 0 Å². The summed E-state index contributed by atoms with van der Waals surface area (Å²) < 4.78 is 26.0. The van der Waals surface area contributed by atoms with E-state index in [9.17, 15) is 4.21 Å². The Kier molecular flexibility index (Phi) is 2.73. The standard InChI is InChI=1S/C13H18N2O2S/c14-12-6-5-11(18(15,16)10-3-4-10)7-13(12)17-8-9-1-2-9/h5-7,9-10,15H,1-4,8,14H2. The molecule has 0 saturated heterocycles. The Hall–Kier alpha value is -1.23. The van der Waals surface area contributed by atoms with Crippen LogP contribution in [0, 0.1) is 10.7 Å². The average molecular weight is 266 g/mol. The van der Waals surface area contributed by atoms with Crippen LogP contribution in [0.1, 0.15) is 25.7 Å². The van der Waals surface area contributed by atoms with E-state index >= 15 is 0 Å². The lowest BCUT2D eigenvalue weighted by Crippen LogP contribution is -2.07. The second-order valence-corrected chi connectivity index (χ2v) is 7.59. The Morgan fingerprint density at radius 1 is 1.33 bits per heavy atom. The molecule has 5 heteroatoms. The second kappa shape index (κ2) is 4.16. The molecule has 1 aromatic carbocycles. The molecule has 0 spiro atoms. The zero-order valence-electron chi connectivity index (χ0n) is 10.2. The van der Waals surface area contributed by atoms with Crippen LogP contribution in [0.2, 0.25) is 0 Å². The first-order valence-corrected chi connectivity index (χ1v) is 7.99. The lowest BCUT2D eigenvalue weighted by molar-refractivity contribution is 0.300. The van der Waals surface area contributed by atoms with Crippen LogP contribution in [0.15, 0.2) is 23.1 Å². The summed E-state index contributed by atoms with van der Waals surface area (Å²) in [6, 6.07) is 5.10. The maximum Gasteiger partial charge on any atom is 0.143 e. The van der Waals surface area contributed by atoms with Crippen molar-refractivity contribution in [2.24, 2.45) is 5.92 Å². The molecule has 0 radical (unpaired) electrons. The minimum Gasteiger partial charge on any atom is -0.491 e. The Balaban J connectivity index is 1.84. The van der Waals surface area contributed by atoms with Gasteiger partial charge in [-0.2, -0.15) is 0 Å². The fourth-order valence-electron chi connectivity index (χ4n) is 1.91. The summed E-state index contributed by atoms with van der Waals surface area (Å²) in [5, 5.41) is 0.0254. The molecule has 0 aromatic heterocycles. The molecule has 0 aliphatic heterocycles. The van der Waals surface area contributed by atoms with Crippen LogP contribution in [0.3, 0.4) is 0 Å². The Labute approximate surface area is 107 Å². The van der Waals surface area contributed by atoms with Gasteiger partial charge in [-0.15, -0.1) is 0 Å². The smallest absolute Gasteiger partial charge is 0.143 e. The highest BCUT2D eigenvalue weighted by Gasteiger charge is 2.34. The first-order valence-electron chi connectivity index (χ1n) is 6.37. The molecule has 2 aliphatic rings. The number of hydrogen-bond donors (Lipinski definition) is 2. The van der Waals surface area contributed by atoms with Crippen molar-refractivity contribution in [1.82, 2.24) is 0 Å². The van der Waals surface area contributed by atoms with Gasteiger partial charge in [0.15, 0.2) is 0 Å². The maximum absolute atomic E-state index is 12.3. The average Bonchev–Trinajstić information content (AvgIpc) is 3.18. The molecule has 2 fully saturated rings. The predicted molar refractivity (Wildman–Crippen MR) is 71.2 cm³/mol. The highest BCUT2D eigenvalue weighted by atomic mass is 32.2. The van der Waals surface area contributed by atoms with E-state index in [2.05, 4.69) is 0 Å². The van der Waals surface area contributed by atoms with Gasteiger partial charge in [-0.3, -0.25) is 0 Å². The van der Waals surface area contributed by atoms with Crippen molar-refractivity contribution in [3.05, 3.63) is 18.2 Å². The summed E-state index contributed by atoms with van der Waals surface area (Å²) in [5.74, 6) is 1.23. The zero-order valence-corrected chi connectivity index (χ0v) is 11.0. The lowest BCUT2D eigenvalue weighted by Gasteiger charge is -2.12. The number of nitrogens with two attached hydrogens (primary N) is 1. The fourth-order valence-corrected chi connectivity index (χ4v) is 3.65. The number of nitrogen functional groups attached to an aromatic ring is 1. The molecule has 0 heterocycles. The molecular weight excluding hydrogens is 248 g/mol. The summed E-state index contributed by atoms with van der Waals surface area (Å²) in [6.45, 7) is 0.677. The third-order valence-electron chi connectivity index (χ3n) is 3.50. The third kappa shape index (κ3) is 2.32. The number of nitrogens with one attached hydrogen (secondary N) is 1. The van der Waals surface area contributed by atoms with Crippen molar-refractivity contribution < 1.29 is 8.95 Å². The van der Waals surface area contributed by atoms with E-state index < -0.39 is 9.73 Å². The Morgan fingerprint density at radius 3 is 2.67 bits per heavy atom. The van der Waals surface area contributed by atoms with Gasteiger partial charge in [-0.25, -0.2) is 8.99 Å². The van der Waals surface area contributed by atoms with E-state index in [-0.39, 0.29) is 5.25 Å². The molecule has 2 saturated carbocycles. The fraction of sp³-hybridized carbons (Fsp3) is 0.538. The van der Waals surface area contributed by atoms with E-state index in [0.717, 1.165) is 12.8 Å². The van der Waals surface area contributed by atoms with E-state index in [1.807, 2.05) is 0 Å². The van der Waals surface area contributed by atoms with Crippen LogP contribution in [0.25, 0.3) is 0 Å². The lowest BCUT2D eigenvalue weighted by atomic mass is 10.3. The second-order valence-electron chi connectivity index (χ2n) is 5.25. The SMILES string of the molecule is N=S(=O)(c1ccc(N)c(OCC2CC2)c1)C1CC1. The zero-order chi connectivity index (χ0) is 12.8. The highest BCUT2D eigenvalue weighted by Crippen LogP contribution is 2.37. The summed E-state index contributed by atoms with van der Waals surface area (Å²) in [5.41, 5.74) is 6.41. The van der Waals surface area contributed by atoms with E-state index in [0.29, 0.717) is 28.9 Å². The molecule has 1 aromatic rings.